The van der Waals surface area contributed by atoms with Crippen molar-refractivity contribution in [3.63, 3.8) is 0 Å². The van der Waals surface area contributed by atoms with Gasteiger partial charge in [0.15, 0.2) is 0 Å². The SMILES string of the molecule is COc1ccc(NC(=O)c2ccc(NC(=O)CSc3nnnn3CC3CCCO3)cc2)cc1. The number of ether oxygens (including phenoxy) is 2. The number of nitrogens with one attached hydrogen (secondary N) is 2. The van der Waals surface area contributed by atoms with Crippen LogP contribution in [0.3, 0.4) is 0 Å². The van der Waals surface area contributed by atoms with Gasteiger partial charge in [-0.25, -0.2) is 4.68 Å². The Labute approximate surface area is 195 Å². The van der Waals surface area contributed by atoms with Crippen molar-refractivity contribution in [1.82, 2.24) is 20.2 Å². The van der Waals surface area contributed by atoms with E-state index in [1.54, 1.807) is 60.3 Å². The highest BCUT2D eigenvalue weighted by Gasteiger charge is 2.19. The molecule has 1 aliphatic rings. The number of aromatic nitrogens is 4. The molecule has 1 atom stereocenters. The summed E-state index contributed by atoms with van der Waals surface area (Å²) in [6.07, 6.45) is 2.14. The van der Waals surface area contributed by atoms with Crippen LogP contribution in [0.5, 0.6) is 5.75 Å². The molecular formula is C22H24N6O4S. The van der Waals surface area contributed by atoms with Gasteiger partial charge in [-0.05, 0) is 71.8 Å². The van der Waals surface area contributed by atoms with Gasteiger partial charge in [0.25, 0.3) is 5.91 Å². The van der Waals surface area contributed by atoms with Crippen molar-refractivity contribution in [1.29, 1.82) is 0 Å². The number of thioether (sulfide) groups is 1. The van der Waals surface area contributed by atoms with Gasteiger partial charge in [0.1, 0.15) is 5.75 Å². The van der Waals surface area contributed by atoms with Gasteiger partial charge in [0.05, 0.1) is 25.5 Å². The molecular weight excluding hydrogens is 444 g/mol. The molecule has 2 aromatic carbocycles. The predicted octanol–water partition coefficient (Wildman–Crippen LogP) is 2.84. The first-order valence-electron chi connectivity index (χ1n) is 10.5. The Morgan fingerprint density at radius 1 is 1.12 bits per heavy atom. The van der Waals surface area contributed by atoms with Crippen LogP contribution in [-0.4, -0.2) is 57.6 Å². The number of anilines is 2. The third kappa shape index (κ3) is 6.30. The minimum absolute atomic E-state index is 0.113. The smallest absolute Gasteiger partial charge is 0.255 e. The van der Waals surface area contributed by atoms with E-state index in [0.717, 1.165) is 19.4 Å². The summed E-state index contributed by atoms with van der Waals surface area (Å²) in [5.74, 6) is 0.436. The van der Waals surface area contributed by atoms with Crippen molar-refractivity contribution in [2.24, 2.45) is 0 Å². The number of hydrogen-bond acceptors (Lipinski definition) is 8. The molecule has 172 valence electrons. The van der Waals surface area contributed by atoms with E-state index in [1.807, 2.05) is 0 Å². The lowest BCUT2D eigenvalue weighted by Gasteiger charge is -2.10. The fraction of sp³-hybridized carbons (Fsp3) is 0.318. The van der Waals surface area contributed by atoms with Gasteiger partial charge in [-0.3, -0.25) is 9.59 Å². The molecule has 1 saturated heterocycles. The van der Waals surface area contributed by atoms with Gasteiger partial charge >= 0.3 is 0 Å². The Kier molecular flexibility index (Phi) is 7.53. The summed E-state index contributed by atoms with van der Waals surface area (Å²) in [5, 5.41) is 17.9. The summed E-state index contributed by atoms with van der Waals surface area (Å²) < 4.78 is 12.4. The molecule has 1 aliphatic heterocycles. The zero-order chi connectivity index (χ0) is 23.0. The monoisotopic (exact) mass is 468 g/mol. The number of benzene rings is 2. The van der Waals surface area contributed by atoms with Crippen molar-refractivity contribution in [2.75, 3.05) is 30.1 Å². The molecule has 1 unspecified atom stereocenters. The lowest BCUT2D eigenvalue weighted by Crippen LogP contribution is -2.18. The van der Waals surface area contributed by atoms with E-state index in [9.17, 15) is 9.59 Å². The van der Waals surface area contributed by atoms with E-state index in [2.05, 4.69) is 26.2 Å². The molecule has 2 amide bonds. The third-order valence-corrected chi connectivity index (χ3v) is 5.97. The van der Waals surface area contributed by atoms with E-state index in [1.165, 1.54) is 11.8 Å². The fourth-order valence-electron chi connectivity index (χ4n) is 3.31. The molecule has 33 heavy (non-hydrogen) atoms. The topological polar surface area (TPSA) is 120 Å². The quantitative estimate of drug-likeness (QED) is 0.460. The number of rotatable bonds is 9. The van der Waals surface area contributed by atoms with Crippen molar-refractivity contribution >= 4 is 35.0 Å². The molecule has 0 saturated carbocycles. The number of carbonyl (C=O) groups is 2. The lowest BCUT2D eigenvalue weighted by atomic mass is 10.2. The van der Waals surface area contributed by atoms with Crippen LogP contribution >= 0.6 is 11.8 Å². The standard InChI is InChI=1S/C22H24N6O4S/c1-31-18-10-8-17(9-11-18)24-21(30)15-4-6-16(7-5-15)23-20(29)14-33-22-25-26-27-28(22)13-19-3-2-12-32-19/h4-11,19H,2-3,12-14H2,1H3,(H,23,29)(H,24,30). The molecule has 1 fully saturated rings. The first kappa shape index (κ1) is 22.7. The number of tetrazole rings is 1. The Morgan fingerprint density at radius 3 is 2.55 bits per heavy atom. The van der Waals surface area contributed by atoms with Gasteiger partial charge in [-0.2, -0.15) is 0 Å². The number of methoxy groups -OCH3 is 1. The molecule has 0 aliphatic carbocycles. The summed E-state index contributed by atoms with van der Waals surface area (Å²) in [4.78, 5) is 24.8. The molecule has 0 bridgehead atoms. The molecule has 1 aromatic heterocycles. The second-order valence-corrected chi connectivity index (χ2v) is 8.32. The van der Waals surface area contributed by atoms with Crippen LogP contribution in [0.4, 0.5) is 11.4 Å². The maximum Gasteiger partial charge on any atom is 0.255 e. The summed E-state index contributed by atoms with van der Waals surface area (Å²) in [5.41, 5.74) is 1.74. The maximum absolute atomic E-state index is 12.4. The van der Waals surface area contributed by atoms with Gasteiger partial charge in [0.2, 0.25) is 11.1 Å². The van der Waals surface area contributed by atoms with Crippen LogP contribution in [0, 0.1) is 0 Å². The number of hydrogen-bond donors (Lipinski definition) is 2. The molecule has 2 heterocycles. The highest BCUT2D eigenvalue weighted by Crippen LogP contribution is 2.20. The highest BCUT2D eigenvalue weighted by molar-refractivity contribution is 7.99. The van der Waals surface area contributed by atoms with Gasteiger partial charge in [-0.1, -0.05) is 11.8 Å². The zero-order valence-electron chi connectivity index (χ0n) is 18.1. The van der Waals surface area contributed by atoms with Crippen molar-refractivity contribution < 1.29 is 19.1 Å². The maximum atomic E-state index is 12.4. The van der Waals surface area contributed by atoms with Crippen LogP contribution in [0.15, 0.2) is 53.7 Å². The first-order valence-corrected chi connectivity index (χ1v) is 11.4. The first-order chi connectivity index (χ1) is 16.1. The second-order valence-electron chi connectivity index (χ2n) is 7.38. The van der Waals surface area contributed by atoms with Gasteiger partial charge in [0, 0.05) is 23.5 Å². The second kappa shape index (κ2) is 10.9. The summed E-state index contributed by atoms with van der Waals surface area (Å²) in [6, 6.07) is 13.8. The molecule has 11 heteroatoms. The third-order valence-electron chi connectivity index (χ3n) is 5.01. The van der Waals surface area contributed by atoms with Gasteiger partial charge < -0.3 is 20.1 Å². The zero-order valence-corrected chi connectivity index (χ0v) is 18.9. The van der Waals surface area contributed by atoms with Crippen LogP contribution < -0.4 is 15.4 Å². The molecule has 4 rings (SSSR count). The van der Waals surface area contributed by atoms with E-state index >= 15 is 0 Å². The van der Waals surface area contributed by atoms with Crippen molar-refractivity contribution in [3.05, 3.63) is 54.1 Å². The fourth-order valence-corrected chi connectivity index (χ4v) is 3.99. The summed E-state index contributed by atoms with van der Waals surface area (Å²) >= 11 is 1.26. The van der Waals surface area contributed by atoms with Crippen molar-refractivity contribution in [2.45, 2.75) is 30.6 Å². The molecule has 0 spiro atoms. The minimum atomic E-state index is -0.244. The number of nitrogens with zero attached hydrogens (tertiary/aromatic N) is 4. The highest BCUT2D eigenvalue weighted by atomic mass is 32.2. The largest absolute Gasteiger partial charge is 0.497 e. The van der Waals surface area contributed by atoms with E-state index in [4.69, 9.17) is 9.47 Å². The Morgan fingerprint density at radius 2 is 1.85 bits per heavy atom. The molecule has 2 N–H and O–H groups in total. The van der Waals surface area contributed by atoms with Crippen LogP contribution in [0.2, 0.25) is 0 Å². The summed E-state index contributed by atoms with van der Waals surface area (Å²) in [7, 11) is 1.59. The van der Waals surface area contributed by atoms with E-state index in [-0.39, 0.29) is 23.7 Å². The van der Waals surface area contributed by atoms with Crippen molar-refractivity contribution in [3.8, 4) is 5.75 Å². The molecule has 0 radical (unpaired) electrons. The normalized spacial score (nSPS) is 15.2. The van der Waals surface area contributed by atoms with Crippen LogP contribution in [0.1, 0.15) is 23.2 Å². The average molecular weight is 469 g/mol. The lowest BCUT2D eigenvalue weighted by molar-refractivity contribution is -0.113. The Bertz CT molecular complexity index is 1080. The average Bonchev–Trinajstić information content (AvgIpc) is 3.51. The Hall–Kier alpha value is -3.44. The Balaban J connectivity index is 1.26. The van der Waals surface area contributed by atoms with Crippen LogP contribution in [0.25, 0.3) is 0 Å². The van der Waals surface area contributed by atoms with Gasteiger partial charge in [-0.15, -0.1) is 5.10 Å². The minimum Gasteiger partial charge on any atom is -0.497 e. The van der Waals surface area contributed by atoms with E-state index < -0.39 is 0 Å². The van der Waals surface area contributed by atoms with Crippen LogP contribution in [-0.2, 0) is 16.1 Å². The molecule has 3 aromatic rings. The molecule has 10 nitrogen and oxygen atoms in total. The number of amides is 2. The number of carbonyl (C=O) groups excluding carboxylic acids is 2. The predicted molar refractivity (Wildman–Crippen MR) is 124 cm³/mol. The van der Waals surface area contributed by atoms with E-state index in [0.29, 0.717) is 34.4 Å². The summed E-state index contributed by atoms with van der Waals surface area (Å²) in [6.45, 7) is 1.34.